The number of amides is 1. The summed E-state index contributed by atoms with van der Waals surface area (Å²) in [6.07, 6.45) is -4.67. The number of rotatable bonds is 7. The number of carbonyl (C=O) groups excluding carboxylic acids is 1. The summed E-state index contributed by atoms with van der Waals surface area (Å²) in [4.78, 5) is 28.6. The minimum atomic E-state index is -4.51. The van der Waals surface area contributed by atoms with E-state index < -0.39 is 23.6 Å². The van der Waals surface area contributed by atoms with E-state index in [1.807, 2.05) is 17.5 Å². The number of carbonyl (C=O) groups is 2. The molecule has 0 spiro atoms. The smallest absolute Gasteiger partial charge is 0.416 e. The molecule has 0 bridgehead atoms. The van der Waals surface area contributed by atoms with Gasteiger partial charge in [0.15, 0.2) is 0 Å². The van der Waals surface area contributed by atoms with Gasteiger partial charge in [0.05, 0.1) is 29.6 Å². The second kappa shape index (κ2) is 8.83. The molecule has 1 amide bonds. The largest absolute Gasteiger partial charge is 0.481 e. The molecule has 152 valence electrons. The molecule has 1 aromatic carbocycles. The number of hydrogen-bond acceptors (Lipinski definition) is 5. The zero-order chi connectivity index (χ0) is 21.0. The monoisotopic (exact) mass is 440 g/mol. The van der Waals surface area contributed by atoms with Gasteiger partial charge in [-0.1, -0.05) is 12.1 Å². The molecule has 0 saturated carbocycles. The van der Waals surface area contributed by atoms with Crippen molar-refractivity contribution in [2.45, 2.75) is 24.2 Å². The van der Waals surface area contributed by atoms with E-state index >= 15 is 0 Å². The average Bonchev–Trinajstić information content (AvgIpc) is 3.17. The first kappa shape index (κ1) is 21.1. The number of thioether (sulfide) groups is 1. The third-order valence-electron chi connectivity index (χ3n) is 3.91. The van der Waals surface area contributed by atoms with Gasteiger partial charge in [-0.3, -0.25) is 9.59 Å². The van der Waals surface area contributed by atoms with E-state index in [1.165, 1.54) is 23.5 Å². The Balaban J connectivity index is 1.93. The maximum absolute atomic E-state index is 13.0. The van der Waals surface area contributed by atoms with E-state index in [4.69, 9.17) is 5.11 Å². The molecule has 2 N–H and O–H groups in total. The fourth-order valence-corrected chi connectivity index (χ4v) is 4.09. The minimum absolute atomic E-state index is 0.0902. The van der Waals surface area contributed by atoms with Gasteiger partial charge in [-0.05, 0) is 29.6 Å². The Labute approximate surface area is 172 Å². The lowest BCUT2D eigenvalue weighted by Gasteiger charge is -2.12. The molecule has 0 aliphatic rings. The van der Waals surface area contributed by atoms with Gasteiger partial charge in [0.2, 0.25) is 0 Å². The summed E-state index contributed by atoms with van der Waals surface area (Å²) in [5.74, 6) is -1.30. The number of benzene rings is 1. The van der Waals surface area contributed by atoms with Crippen molar-refractivity contribution < 1.29 is 27.9 Å². The number of nitrogens with zero attached hydrogens (tertiary/aromatic N) is 1. The number of nitrogens with one attached hydrogen (secondary N) is 1. The Bertz CT molecular complexity index is 1040. The van der Waals surface area contributed by atoms with Crippen LogP contribution in [0.3, 0.4) is 0 Å². The van der Waals surface area contributed by atoms with Crippen LogP contribution in [-0.2, 0) is 17.5 Å². The third kappa shape index (κ3) is 5.48. The molecule has 0 saturated heterocycles. The number of alkyl halides is 3. The van der Waals surface area contributed by atoms with Crippen molar-refractivity contribution in [2.24, 2.45) is 0 Å². The zero-order valence-electron chi connectivity index (χ0n) is 14.8. The van der Waals surface area contributed by atoms with Crippen molar-refractivity contribution in [2.75, 3.05) is 5.75 Å². The molecule has 3 aromatic rings. The Kier molecular flexibility index (Phi) is 6.43. The number of hydrogen-bond donors (Lipinski definition) is 2. The maximum Gasteiger partial charge on any atom is 0.416 e. The summed E-state index contributed by atoms with van der Waals surface area (Å²) in [5.41, 5.74) is -0.550. The number of carboxylic acid groups (broad SMARTS) is 1. The first-order valence-corrected chi connectivity index (χ1v) is 10.3. The minimum Gasteiger partial charge on any atom is -0.481 e. The van der Waals surface area contributed by atoms with Crippen LogP contribution in [0.5, 0.6) is 0 Å². The summed E-state index contributed by atoms with van der Waals surface area (Å²) in [6, 6.07) is 8.33. The van der Waals surface area contributed by atoms with Crippen LogP contribution in [0.1, 0.15) is 27.2 Å². The van der Waals surface area contributed by atoms with Crippen molar-refractivity contribution in [3.63, 3.8) is 0 Å². The second-order valence-electron chi connectivity index (χ2n) is 6.00. The van der Waals surface area contributed by atoms with Gasteiger partial charge in [0.25, 0.3) is 5.91 Å². The summed E-state index contributed by atoms with van der Waals surface area (Å²) in [7, 11) is 0. The maximum atomic E-state index is 13.0. The van der Waals surface area contributed by atoms with E-state index in [0.717, 1.165) is 28.8 Å². The van der Waals surface area contributed by atoms with Gasteiger partial charge in [0.1, 0.15) is 5.03 Å². The number of halogens is 3. The number of thiophene rings is 1. The highest BCUT2D eigenvalue weighted by molar-refractivity contribution is 7.99. The quantitative estimate of drug-likeness (QED) is 0.516. The highest BCUT2D eigenvalue weighted by Crippen LogP contribution is 2.33. The molecule has 0 aliphatic heterocycles. The van der Waals surface area contributed by atoms with Crippen LogP contribution in [0.4, 0.5) is 13.2 Å². The lowest BCUT2D eigenvalue weighted by atomic mass is 10.1. The highest BCUT2D eigenvalue weighted by Gasteiger charge is 2.30. The number of fused-ring (bicyclic) bond motifs is 1. The molecule has 29 heavy (non-hydrogen) atoms. The number of aliphatic carboxylic acids is 1. The van der Waals surface area contributed by atoms with E-state index in [-0.39, 0.29) is 28.3 Å². The predicted molar refractivity (Wildman–Crippen MR) is 105 cm³/mol. The molecule has 0 unspecified atom stereocenters. The van der Waals surface area contributed by atoms with Crippen LogP contribution < -0.4 is 5.32 Å². The van der Waals surface area contributed by atoms with Crippen LogP contribution in [0.25, 0.3) is 10.9 Å². The molecule has 0 atom stereocenters. The Morgan fingerprint density at radius 3 is 2.66 bits per heavy atom. The molecule has 10 heteroatoms. The molecule has 5 nitrogen and oxygen atoms in total. The van der Waals surface area contributed by atoms with Gasteiger partial charge < -0.3 is 10.4 Å². The van der Waals surface area contributed by atoms with Crippen molar-refractivity contribution >= 4 is 45.9 Å². The number of pyridine rings is 1. The molecule has 3 rings (SSSR count). The summed E-state index contributed by atoms with van der Waals surface area (Å²) >= 11 is 2.50. The molecule has 2 heterocycles. The standard InChI is InChI=1S/C19H15F3N2O3S2/c20-19(21,22)12-4-3-11-8-14(17(27)23-10-13-2-1-6-28-13)18(24-15(11)9-12)29-7-5-16(25)26/h1-4,6,8-9H,5,7,10H2,(H,23,27)(H,25,26). The number of aromatic nitrogens is 1. The summed E-state index contributed by atoms with van der Waals surface area (Å²) in [5, 5.41) is 14.0. The van der Waals surface area contributed by atoms with Crippen molar-refractivity contribution in [1.82, 2.24) is 10.3 Å². The molecular formula is C19H15F3N2O3S2. The third-order valence-corrected chi connectivity index (χ3v) is 5.78. The fourth-order valence-electron chi connectivity index (χ4n) is 2.51. The lowest BCUT2D eigenvalue weighted by Crippen LogP contribution is -2.23. The van der Waals surface area contributed by atoms with E-state index in [9.17, 15) is 22.8 Å². The second-order valence-corrected chi connectivity index (χ2v) is 8.12. The molecule has 2 aromatic heterocycles. The predicted octanol–water partition coefficient (Wildman–Crippen LogP) is 4.81. The first-order chi connectivity index (χ1) is 13.7. The first-order valence-electron chi connectivity index (χ1n) is 8.41. The number of carboxylic acids is 1. The molecule has 0 aliphatic carbocycles. The van der Waals surface area contributed by atoms with Gasteiger partial charge in [-0.25, -0.2) is 4.98 Å². The van der Waals surface area contributed by atoms with Crippen LogP contribution in [0.2, 0.25) is 0 Å². The average molecular weight is 440 g/mol. The van der Waals surface area contributed by atoms with Crippen molar-refractivity contribution in [1.29, 1.82) is 0 Å². The van der Waals surface area contributed by atoms with Crippen LogP contribution in [0, 0.1) is 0 Å². The van der Waals surface area contributed by atoms with Crippen molar-refractivity contribution in [3.8, 4) is 0 Å². The van der Waals surface area contributed by atoms with Gasteiger partial charge in [-0.2, -0.15) is 13.2 Å². The van der Waals surface area contributed by atoms with E-state index in [1.54, 1.807) is 0 Å². The van der Waals surface area contributed by atoms with E-state index in [0.29, 0.717) is 11.9 Å². The van der Waals surface area contributed by atoms with Gasteiger partial charge >= 0.3 is 12.1 Å². The fraction of sp³-hybridized carbons (Fsp3) is 0.211. The SMILES string of the molecule is O=C(O)CCSc1nc2cc(C(F)(F)F)ccc2cc1C(=O)NCc1cccs1. The Morgan fingerprint density at radius 2 is 2.00 bits per heavy atom. The summed E-state index contributed by atoms with van der Waals surface area (Å²) in [6.45, 7) is 0.306. The lowest BCUT2D eigenvalue weighted by molar-refractivity contribution is -0.138. The Hall–Kier alpha value is -2.59. The van der Waals surface area contributed by atoms with Crippen LogP contribution in [-0.4, -0.2) is 27.7 Å². The molecule has 0 fully saturated rings. The highest BCUT2D eigenvalue weighted by atomic mass is 32.2. The van der Waals surface area contributed by atoms with Crippen LogP contribution >= 0.6 is 23.1 Å². The van der Waals surface area contributed by atoms with Gasteiger partial charge in [0, 0.05) is 16.0 Å². The molecular weight excluding hydrogens is 425 g/mol. The van der Waals surface area contributed by atoms with E-state index in [2.05, 4.69) is 10.3 Å². The van der Waals surface area contributed by atoms with Gasteiger partial charge in [-0.15, -0.1) is 23.1 Å². The topological polar surface area (TPSA) is 79.3 Å². The normalized spacial score (nSPS) is 11.6. The zero-order valence-corrected chi connectivity index (χ0v) is 16.5. The van der Waals surface area contributed by atoms with Crippen molar-refractivity contribution in [3.05, 3.63) is 57.8 Å². The van der Waals surface area contributed by atoms with Crippen LogP contribution in [0.15, 0.2) is 46.8 Å². The summed E-state index contributed by atoms with van der Waals surface area (Å²) < 4.78 is 39.0. The Morgan fingerprint density at radius 1 is 1.21 bits per heavy atom. The molecule has 0 radical (unpaired) electrons.